The third-order valence-corrected chi connectivity index (χ3v) is 4.71. The molecule has 3 rings (SSSR count). The van der Waals surface area contributed by atoms with E-state index in [0.717, 1.165) is 36.7 Å². The molecule has 0 spiro atoms. The number of thioether (sulfide) groups is 1. The largest absolute Gasteiger partial charge is 0.328 e. The van der Waals surface area contributed by atoms with Crippen molar-refractivity contribution in [2.45, 2.75) is 49.2 Å². The Balaban J connectivity index is 1.57. The Morgan fingerprint density at radius 3 is 2.95 bits per heavy atom. The van der Waals surface area contributed by atoms with Crippen molar-refractivity contribution >= 4 is 23.8 Å². The normalized spacial score (nSPS) is 26.2. The van der Waals surface area contributed by atoms with Crippen molar-refractivity contribution in [1.29, 1.82) is 0 Å². The van der Waals surface area contributed by atoms with Crippen LogP contribution >= 0.6 is 11.8 Å². The van der Waals surface area contributed by atoms with Crippen molar-refractivity contribution in [2.75, 3.05) is 5.75 Å². The summed E-state index contributed by atoms with van der Waals surface area (Å²) in [6, 6.07) is 5.24. The van der Waals surface area contributed by atoms with Gasteiger partial charge in [0.2, 0.25) is 0 Å². The van der Waals surface area contributed by atoms with Crippen molar-refractivity contribution in [3.63, 3.8) is 0 Å². The monoisotopic (exact) mass is 276 g/mol. The van der Waals surface area contributed by atoms with Gasteiger partial charge in [0.1, 0.15) is 0 Å². The van der Waals surface area contributed by atoms with Gasteiger partial charge in [-0.3, -0.25) is 0 Å². The van der Waals surface area contributed by atoms with Gasteiger partial charge < -0.3 is 11.1 Å². The van der Waals surface area contributed by atoms with Crippen LogP contribution in [0.15, 0.2) is 22.0 Å². The smallest absolute Gasteiger partial charge is 0.165 e. The highest BCUT2D eigenvalue weighted by atomic mass is 32.2. The molecular weight excluding hydrogens is 256 g/mol. The summed E-state index contributed by atoms with van der Waals surface area (Å²) >= 11 is 1.80. The molecule has 0 unspecified atom stereocenters. The highest BCUT2D eigenvalue weighted by Gasteiger charge is 2.18. The lowest BCUT2D eigenvalue weighted by molar-refractivity contribution is 0.341. The molecule has 1 aromatic heterocycles. The van der Waals surface area contributed by atoms with Crippen molar-refractivity contribution in [3.8, 4) is 0 Å². The third-order valence-electron chi connectivity index (χ3n) is 3.77. The highest BCUT2D eigenvalue weighted by Crippen LogP contribution is 2.30. The fourth-order valence-corrected chi connectivity index (χ4v) is 3.32. The van der Waals surface area contributed by atoms with Gasteiger partial charge in [0.25, 0.3) is 0 Å². The Bertz CT molecular complexity index is 467. The van der Waals surface area contributed by atoms with Gasteiger partial charge in [0.15, 0.2) is 5.82 Å². The van der Waals surface area contributed by atoms with Crippen LogP contribution in [-0.4, -0.2) is 29.0 Å². The molecule has 1 aromatic rings. The number of aromatic nitrogens is 1. The molecule has 2 heterocycles. The first kappa shape index (κ1) is 13.1. The number of fused-ring (bicyclic) bond motifs is 1. The van der Waals surface area contributed by atoms with Crippen LogP contribution in [0.2, 0.25) is 0 Å². The molecule has 102 valence electrons. The molecule has 0 aromatic carbocycles. The first-order chi connectivity index (χ1) is 9.31. The fourth-order valence-electron chi connectivity index (χ4n) is 2.60. The lowest BCUT2D eigenvalue weighted by atomic mass is 9.92. The van der Waals surface area contributed by atoms with E-state index in [4.69, 9.17) is 5.73 Å². The van der Waals surface area contributed by atoms with E-state index in [1.807, 2.05) is 6.21 Å². The van der Waals surface area contributed by atoms with Crippen molar-refractivity contribution in [2.24, 2.45) is 10.7 Å². The van der Waals surface area contributed by atoms with E-state index >= 15 is 0 Å². The molecule has 5 heteroatoms. The van der Waals surface area contributed by atoms with Gasteiger partial charge in [0.05, 0.1) is 10.6 Å². The van der Waals surface area contributed by atoms with E-state index in [9.17, 15) is 0 Å². The van der Waals surface area contributed by atoms with E-state index < -0.39 is 0 Å². The Hall–Kier alpha value is -0.910. The molecule has 0 atom stereocenters. The van der Waals surface area contributed by atoms with Crippen molar-refractivity contribution in [3.05, 3.63) is 17.8 Å². The van der Waals surface area contributed by atoms with Crippen LogP contribution in [0.3, 0.4) is 0 Å². The quantitative estimate of drug-likeness (QED) is 0.889. The molecule has 3 N–H and O–H groups in total. The molecule has 19 heavy (non-hydrogen) atoms. The zero-order valence-electron chi connectivity index (χ0n) is 11.0. The van der Waals surface area contributed by atoms with Crippen LogP contribution in [0.4, 0.5) is 5.82 Å². The minimum atomic E-state index is 0.409. The zero-order valence-corrected chi connectivity index (χ0v) is 11.8. The number of hydrogen-bond donors (Lipinski definition) is 2. The van der Waals surface area contributed by atoms with Crippen LogP contribution in [0.5, 0.6) is 0 Å². The first-order valence-electron chi connectivity index (χ1n) is 6.95. The Morgan fingerprint density at radius 2 is 2.11 bits per heavy atom. The summed E-state index contributed by atoms with van der Waals surface area (Å²) in [5.41, 5.74) is 7.00. The molecule has 1 aliphatic carbocycles. The summed E-state index contributed by atoms with van der Waals surface area (Å²) in [4.78, 5) is 10.2. The van der Waals surface area contributed by atoms with Crippen LogP contribution in [0.1, 0.15) is 31.4 Å². The minimum absolute atomic E-state index is 0.409. The van der Waals surface area contributed by atoms with Crippen LogP contribution in [-0.2, 0) is 6.54 Å². The van der Waals surface area contributed by atoms with Crippen LogP contribution < -0.4 is 11.1 Å². The van der Waals surface area contributed by atoms with Gasteiger partial charge >= 0.3 is 0 Å². The maximum absolute atomic E-state index is 5.92. The number of nitrogens with two attached hydrogens (primary N) is 1. The van der Waals surface area contributed by atoms with E-state index in [1.165, 1.54) is 17.7 Å². The van der Waals surface area contributed by atoms with Crippen LogP contribution in [0.25, 0.3) is 0 Å². The van der Waals surface area contributed by atoms with E-state index in [2.05, 4.69) is 27.4 Å². The minimum Gasteiger partial charge on any atom is -0.328 e. The summed E-state index contributed by atoms with van der Waals surface area (Å²) in [6.45, 7) is 0.827. The third kappa shape index (κ3) is 3.35. The summed E-state index contributed by atoms with van der Waals surface area (Å²) in [5.74, 6) is 1.83. The summed E-state index contributed by atoms with van der Waals surface area (Å²) < 4.78 is 0. The maximum atomic E-state index is 5.92. The molecule has 0 saturated heterocycles. The molecule has 4 nitrogen and oxygen atoms in total. The number of hydrogen-bond acceptors (Lipinski definition) is 5. The molecule has 0 radical (unpaired) electrons. The molecular formula is C14H20N4S. The highest BCUT2D eigenvalue weighted by molar-refractivity contribution is 8.00. The lowest BCUT2D eigenvalue weighted by Gasteiger charge is -2.26. The molecule has 1 saturated carbocycles. The van der Waals surface area contributed by atoms with E-state index in [-0.39, 0.29) is 0 Å². The Morgan fingerprint density at radius 1 is 1.26 bits per heavy atom. The molecule has 0 bridgehead atoms. The number of aliphatic imine (C=N–C) groups is 1. The van der Waals surface area contributed by atoms with Crippen LogP contribution in [0, 0.1) is 0 Å². The summed E-state index contributed by atoms with van der Waals surface area (Å²) in [7, 11) is 0. The standard InChI is InChI=1S/C14H20N4S/c15-10-1-3-11(4-2-10)17-9-12-5-6-13-14(18-12)16-7-8-19-13/h5-7,10-11,17H,1-4,8-9,15H2. The summed E-state index contributed by atoms with van der Waals surface area (Å²) in [5, 5.41) is 3.59. The Kier molecular flexibility index (Phi) is 4.15. The average molecular weight is 276 g/mol. The van der Waals surface area contributed by atoms with Gasteiger partial charge in [-0.1, -0.05) is 0 Å². The number of nitrogens with zero attached hydrogens (tertiary/aromatic N) is 2. The second kappa shape index (κ2) is 6.03. The summed E-state index contributed by atoms with van der Waals surface area (Å²) in [6.07, 6.45) is 6.56. The van der Waals surface area contributed by atoms with Gasteiger partial charge in [-0.2, -0.15) is 0 Å². The second-order valence-corrected chi connectivity index (χ2v) is 6.30. The topological polar surface area (TPSA) is 63.3 Å². The fraction of sp³-hybridized carbons (Fsp3) is 0.571. The maximum Gasteiger partial charge on any atom is 0.165 e. The van der Waals surface area contributed by atoms with Gasteiger partial charge in [-0.25, -0.2) is 9.98 Å². The van der Waals surface area contributed by atoms with E-state index in [0.29, 0.717) is 12.1 Å². The van der Waals surface area contributed by atoms with Gasteiger partial charge in [0, 0.05) is 30.6 Å². The first-order valence-corrected chi connectivity index (χ1v) is 7.94. The average Bonchev–Trinajstić information content (AvgIpc) is 2.46. The lowest BCUT2D eigenvalue weighted by Crippen LogP contribution is -2.37. The second-order valence-electron chi connectivity index (χ2n) is 5.24. The molecule has 2 aliphatic rings. The number of rotatable bonds is 3. The molecule has 0 amide bonds. The van der Waals surface area contributed by atoms with Gasteiger partial charge in [-0.05, 0) is 37.8 Å². The molecule has 1 fully saturated rings. The van der Waals surface area contributed by atoms with Crippen molar-refractivity contribution < 1.29 is 0 Å². The zero-order chi connectivity index (χ0) is 13.1. The van der Waals surface area contributed by atoms with Crippen molar-refractivity contribution in [1.82, 2.24) is 10.3 Å². The van der Waals surface area contributed by atoms with E-state index in [1.54, 1.807) is 11.8 Å². The number of pyridine rings is 1. The predicted octanol–water partition coefficient (Wildman–Crippen LogP) is 2.25. The van der Waals surface area contributed by atoms with Gasteiger partial charge in [-0.15, -0.1) is 11.8 Å². The molecule has 1 aliphatic heterocycles. The number of nitrogens with one attached hydrogen (secondary N) is 1. The Labute approximate surface area is 118 Å². The SMILES string of the molecule is NC1CCC(NCc2ccc3c(n2)N=CCS3)CC1. The predicted molar refractivity (Wildman–Crippen MR) is 80.2 cm³/mol.